The van der Waals surface area contributed by atoms with Gasteiger partial charge in [0.1, 0.15) is 6.54 Å². The van der Waals surface area contributed by atoms with Crippen molar-refractivity contribution >= 4 is 11.7 Å². The summed E-state index contributed by atoms with van der Waals surface area (Å²) in [5.74, 6) is -0.126. The summed E-state index contributed by atoms with van der Waals surface area (Å²) >= 11 is 0. The van der Waals surface area contributed by atoms with Crippen molar-refractivity contribution in [3.05, 3.63) is 29.8 Å². The smallest absolute Gasteiger partial charge is 0.322 e. The van der Waals surface area contributed by atoms with Crippen LogP contribution in [0.15, 0.2) is 24.3 Å². The minimum Gasteiger partial charge on any atom is -0.480 e. The maximum absolute atomic E-state index is 10.4. The second-order valence-corrected chi connectivity index (χ2v) is 4.70. The Balaban J connectivity index is 1.94. The van der Waals surface area contributed by atoms with Gasteiger partial charge in [-0.15, -0.1) is 0 Å². The van der Waals surface area contributed by atoms with E-state index >= 15 is 0 Å². The molecule has 1 aromatic rings. The van der Waals surface area contributed by atoms with E-state index in [0.717, 1.165) is 5.69 Å². The Hall–Kier alpha value is -1.51. The molecular weight excluding hydrogens is 214 g/mol. The third-order valence-electron chi connectivity index (χ3n) is 3.43. The number of benzene rings is 1. The molecule has 0 spiro atoms. The van der Waals surface area contributed by atoms with Gasteiger partial charge in [-0.05, 0) is 36.5 Å². The van der Waals surface area contributed by atoms with Crippen LogP contribution < -0.4 is 5.32 Å². The number of carboxylic acid groups (broad SMARTS) is 1. The number of hydrogen-bond acceptors (Lipinski definition) is 2. The Bertz CT molecular complexity index is 366. The molecule has 1 aliphatic carbocycles. The number of rotatable bonds is 4. The lowest BCUT2D eigenvalue weighted by Crippen LogP contribution is -2.12. The summed E-state index contributed by atoms with van der Waals surface area (Å²) in [5, 5.41) is 11.4. The molecule has 1 fully saturated rings. The fourth-order valence-electron chi connectivity index (χ4n) is 2.49. The van der Waals surface area contributed by atoms with Gasteiger partial charge in [-0.2, -0.15) is 0 Å². The lowest BCUT2D eigenvalue weighted by atomic mass is 9.84. The topological polar surface area (TPSA) is 49.3 Å². The number of hydrogen-bond donors (Lipinski definition) is 2. The van der Waals surface area contributed by atoms with Crippen LogP contribution in [0, 0.1) is 0 Å². The van der Waals surface area contributed by atoms with Gasteiger partial charge < -0.3 is 10.4 Å². The lowest BCUT2D eigenvalue weighted by molar-refractivity contribution is -0.134. The average Bonchev–Trinajstić information content (AvgIpc) is 2.38. The molecule has 1 aromatic carbocycles. The molecule has 92 valence electrons. The maximum Gasteiger partial charge on any atom is 0.322 e. The van der Waals surface area contributed by atoms with Crippen LogP contribution in [0.5, 0.6) is 0 Å². The normalized spacial score (nSPS) is 16.7. The molecule has 3 nitrogen and oxygen atoms in total. The second-order valence-electron chi connectivity index (χ2n) is 4.70. The molecule has 0 unspecified atom stereocenters. The number of aliphatic carboxylic acids is 1. The summed E-state index contributed by atoms with van der Waals surface area (Å²) < 4.78 is 0. The number of carboxylic acids is 1. The van der Waals surface area contributed by atoms with Crippen LogP contribution in [-0.4, -0.2) is 17.6 Å². The minimum atomic E-state index is -0.832. The first-order valence-corrected chi connectivity index (χ1v) is 6.31. The standard InChI is InChI=1S/C14H19NO2/c16-14(17)10-15-13-8-6-12(7-9-13)11-4-2-1-3-5-11/h6-9,11,15H,1-5,10H2,(H,16,17). The fraction of sp³-hybridized carbons (Fsp3) is 0.500. The van der Waals surface area contributed by atoms with Crippen LogP contribution in [0.1, 0.15) is 43.6 Å². The molecule has 1 aliphatic rings. The quantitative estimate of drug-likeness (QED) is 0.839. The lowest BCUT2D eigenvalue weighted by Gasteiger charge is -2.22. The average molecular weight is 233 g/mol. The van der Waals surface area contributed by atoms with Gasteiger partial charge in [0, 0.05) is 5.69 Å². The molecule has 0 amide bonds. The second kappa shape index (κ2) is 5.71. The van der Waals surface area contributed by atoms with Crippen LogP contribution in [0.4, 0.5) is 5.69 Å². The highest BCUT2D eigenvalue weighted by Crippen LogP contribution is 2.32. The van der Waals surface area contributed by atoms with Crippen molar-refractivity contribution in [3.8, 4) is 0 Å². The molecule has 0 atom stereocenters. The van der Waals surface area contributed by atoms with Crippen LogP contribution in [0.3, 0.4) is 0 Å². The van der Waals surface area contributed by atoms with E-state index in [1.165, 1.54) is 37.7 Å². The Morgan fingerprint density at radius 3 is 2.41 bits per heavy atom. The maximum atomic E-state index is 10.4. The SMILES string of the molecule is O=C(O)CNc1ccc(C2CCCCC2)cc1. The van der Waals surface area contributed by atoms with Crippen molar-refractivity contribution in [1.29, 1.82) is 0 Å². The fourth-order valence-corrected chi connectivity index (χ4v) is 2.49. The summed E-state index contributed by atoms with van der Waals surface area (Å²) in [6.45, 7) is -0.0250. The van der Waals surface area contributed by atoms with Gasteiger partial charge in [-0.3, -0.25) is 4.79 Å². The van der Waals surface area contributed by atoms with Gasteiger partial charge in [0.25, 0.3) is 0 Å². The van der Waals surface area contributed by atoms with Crippen molar-refractivity contribution in [2.24, 2.45) is 0 Å². The molecule has 17 heavy (non-hydrogen) atoms. The predicted octanol–water partition coefficient (Wildman–Crippen LogP) is 3.23. The van der Waals surface area contributed by atoms with E-state index < -0.39 is 5.97 Å². The first kappa shape index (κ1) is 12.0. The van der Waals surface area contributed by atoms with Gasteiger partial charge in [-0.25, -0.2) is 0 Å². The first-order valence-electron chi connectivity index (χ1n) is 6.31. The van der Waals surface area contributed by atoms with Crippen molar-refractivity contribution in [3.63, 3.8) is 0 Å². The number of nitrogens with one attached hydrogen (secondary N) is 1. The molecule has 3 heteroatoms. The van der Waals surface area contributed by atoms with Crippen LogP contribution >= 0.6 is 0 Å². The highest BCUT2D eigenvalue weighted by molar-refractivity contribution is 5.72. The van der Waals surface area contributed by atoms with Gasteiger partial charge in [-0.1, -0.05) is 31.4 Å². The van der Waals surface area contributed by atoms with Crippen LogP contribution in [0.25, 0.3) is 0 Å². The highest BCUT2D eigenvalue weighted by atomic mass is 16.4. The predicted molar refractivity (Wildman–Crippen MR) is 68.4 cm³/mol. The zero-order valence-electron chi connectivity index (χ0n) is 9.98. The Morgan fingerprint density at radius 2 is 1.82 bits per heavy atom. The largest absolute Gasteiger partial charge is 0.480 e. The molecule has 1 saturated carbocycles. The third-order valence-corrected chi connectivity index (χ3v) is 3.43. The van der Waals surface area contributed by atoms with E-state index in [9.17, 15) is 4.79 Å². The van der Waals surface area contributed by atoms with Gasteiger partial charge in [0.2, 0.25) is 0 Å². The Kier molecular flexibility index (Phi) is 4.02. The molecule has 0 aliphatic heterocycles. The number of anilines is 1. The van der Waals surface area contributed by atoms with Crippen molar-refractivity contribution in [1.82, 2.24) is 0 Å². The van der Waals surface area contributed by atoms with Gasteiger partial charge in [0.15, 0.2) is 0 Å². The summed E-state index contributed by atoms with van der Waals surface area (Å²) in [6.07, 6.45) is 6.63. The van der Waals surface area contributed by atoms with Gasteiger partial charge >= 0.3 is 5.97 Å². The molecular formula is C14H19NO2. The zero-order chi connectivity index (χ0) is 12.1. The molecule has 0 bridgehead atoms. The summed E-state index contributed by atoms with van der Waals surface area (Å²) in [5.41, 5.74) is 2.28. The van der Waals surface area contributed by atoms with E-state index in [1.807, 2.05) is 12.1 Å². The van der Waals surface area contributed by atoms with Crippen molar-refractivity contribution in [2.75, 3.05) is 11.9 Å². The zero-order valence-corrected chi connectivity index (χ0v) is 9.98. The van der Waals surface area contributed by atoms with Crippen molar-refractivity contribution < 1.29 is 9.90 Å². The molecule has 2 rings (SSSR count). The number of carbonyl (C=O) groups is 1. The van der Waals surface area contributed by atoms with E-state index in [2.05, 4.69) is 17.4 Å². The van der Waals surface area contributed by atoms with Gasteiger partial charge in [0.05, 0.1) is 0 Å². The summed E-state index contributed by atoms with van der Waals surface area (Å²) in [7, 11) is 0. The molecule has 0 saturated heterocycles. The van der Waals surface area contributed by atoms with Crippen molar-refractivity contribution in [2.45, 2.75) is 38.0 Å². The van der Waals surface area contributed by atoms with Crippen LogP contribution in [-0.2, 0) is 4.79 Å². The summed E-state index contributed by atoms with van der Waals surface area (Å²) in [6, 6.07) is 8.21. The Morgan fingerprint density at radius 1 is 1.18 bits per heavy atom. The van der Waals surface area contributed by atoms with E-state index in [4.69, 9.17) is 5.11 Å². The monoisotopic (exact) mass is 233 g/mol. The minimum absolute atomic E-state index is 0.0250. The molecule has 0 heterocycles. The molecule has 0 radical (unpaired) electrons. The third kappa shape index (κ3) is 3.48. The van der Waals surface area contributed by atoms with E-state index in [-0.39, 0.29) is 6.54 Å². The first-order chi connectivity index (χ1) is 8.25. The Labute approximate surface area is 102 Å². The molecule has 0 aromatic heterocycles. The summed E-state index contributed by atoms with van der Waals surface area (Å²) in [4.78, 5) is 10.4. The van der Waals surface area contributed by atoms with E-state index in [1.54, 1.807) is 0 Å². The molecule has 2 N–H and O–H groups in total. The van der Waals surface area contributed by atoms with Crippen LogP contribution in [0.2, 0.25) is 0 Å². The highest BCUT2D eigenvalue weighted by Gasteiger charge is 2.14. The van der Waals surface area contributed by atoms with E-state index in [0.29, 0.717) is 5.92 Å².